The minimum absolute atomic E-state index is 0.521. The topological polar surface area (TPSA) is 56.7 Å². The van der Waals surface area contributed by atoms with Gasteiger partial charge in [0.2, 0.25) is 0 Å². The highest BCUT2D eigenvalue weighted by Crippen LogP contribution is 2.37. The van der Waals surface area contributed by atoms with Crippen molar-refractivity contribution < 1.29 is 0 Å². The third kappa shape index (κ3) is 2.58. The lowest BCUT2D eigenvalue weighted by atomic mass is 9.86. The van der Waals surface area contributed by atoms with Gasteiger partial charge in [-0.15, -0.1) is 10.2 Å². The van der Waals surface area contributed by atoms with Gasteiger partial charge in [0.05, 0.1) is 6.54 Å². The monoisotopic (exact) mass is 248 g/mol. The number of aromatic nitrogens is 3. The van der Waals surface area contributed by atoms with Gasteiger partial charge in [-0.2, -0.15) is 0 Å². The van der Waals surface area contributed by atoms with E-state index < -0.39 is 0 Å². The first kappa shape index (κ1) is 12.2. The van der Waals surface area contributed by atoms with Crippen molar-refractivity contribution in [1.82, 2.24) is 14.8 Å². The highest BCUT2D eigenvalue weighted by Gasteiger charge is 2.29. The molecule has 0 spiro atoms. The maximum Gasteiger partial charge on any atom is 0.147 e. The first-order valence-corrected chi connectivity index (χ1v) is 7.51. The molecule has 0 saturated heterocycles. The van der Waals surface area contributed by atoms with Crippen LogP contribution in [0.3, 0.4) is 0 Å². The summed E-state index contributed by atoms with van der Waals surface area (Å²) in [6, 6.07) is 0.653. The number of hydrogen-bond donors (Lipinski definition) is 1. The Morgan fingerprint density at radius 1 is 1.00 bits per heavy atom. The zero-order valence-electron chi connectivity index (χ0n) is 11.1. The maximum atomic E-state index is 5.75. The second kappa shape index (κ2) is 5.39. The van der Waals surface area contributed by atoms with Crippen molar-refractivity contribution in [2.75, 3.05) is 0 Å². The molecular weight excluding hydrogens is 224 g/mol. The highest BCUT2D eigenvalue weighted by atomic mass is 15.3. The Bertz CT molecular complexity index is 388. The molecule has 18 heavy (non-hydrogen) atoms. The largest absolute Gasteiger partial charge is 0.324 e. The number of rotatable bonds is 5. The van der Waals surface area contributed by atoms with Crippen LogP contribution in [0.4, 0.5) is 0 Å². The van der Waals surface area contributed by atoms with E-state index in [-0.39, 0.29) is 0 Å². The molecule has 0 radical (unpaired) electrons. The van der Waals surface area contributed by atoms with Crippen LogP contribution in [0.15, 0.2) is 0 Å². The average Bonchev–Trinajstić information content (AvgIpc) is 3.18. The lowest BCUT2D eigenvalue weighted by Gasteiger charge is -2.21. The molecule has 2 saturated carbocycles. The molecule has 2 aliphatic carbocycles. The standard InChI is InChI=1S/C14H24N4/c15-10-14-17-16-13(18(14)12-7-8-12)9-6-11-4-2-1-3-5-11/h11-12H,1-10,15H2. The van der Waals surface area contributed by atoms with E-state index >= 15 is 0 Å². The zero-order chi connectivity index (χ0) is 12.4. The van der Waals surface area contributed by atoms with Crippen LogP contribution in [0, 0.1) is 5.92 Å². The van der Waals surface area contributed by atoms with Gasteiger partial charge in [0, 0.05) is 12.5 Å². The fourth-order valence-electron chi connectivity index (χ4n) is 3.23. The minimum atomic E-state index is 0.521. The minimum Gasteiger partial charge on any atom is -0.324 e. The van der Waals surface area contributed by atoms with E-state index in [1.165, 1.54) is 57.2 Å². The van der Waals surface area contributed by atoms with Crippen molar-refractivity contribution in [3.8, 4) is 0 Å². The summed E-state index contributed by atoms with van der Waals surface area (Å²) in [6.07, 6.45) is 12.1. The third-order valence-electron chi connectivity index (χ3n) is 4.43. The van der Waals surface area contributed by atoms with Crippen LogP contribution in [-0.2, 0) is 13.0 Å². The van der Waals surface area contributed by atoms with Crippen LogP contribution in [0.5, 0.6) is 0 Å². The van der Waals surface area contributed by atoms with E-state index in [1.807, 2.05) is 0 Å². The lowest BCUT2D eigenvalue weighted by molar-refractivity contribution is 0.335. The zero-order valence-corrected chi connectivity index (χ0v) is 11.1. The molecule has 1 aromatic rings. The smallest absolute Gasteiger partial charge is 0.147 e. The molecule has 0 amide bonds. The summed E-state index contributed by atoms with van der Waals surface area (Å²) in [5, 5.41) is 8.61. The van der Waals surface area contributed by atoms with Crippen LogP contribution in [0.1, 0.15) is 69.1 Å². The van der Waals surface area contributed by atoms with Crippen molar-refractivity contribution in [3.05, 3.63) is 11.6 Å². The average molecular weight is 248 g/mol. The predicted octanol–water partition coefficient (Wildman–Crippen LogP) is 2.58. The van der Waals surface area contributed by atoms with E-state index in [4.69, 9.17) is 5.73 Å². The Morgan fingerprint density at radius 3 is 2.39 bits per heavy atom. The first-order chi connectivity index (χ1) is 8.88. The summed E-state index contributed by atoms with van der Waals surface area (Å²) in [6.45, 7) is 0.521. The molecule has 0 aliphatic heterocycles. The first-order valence-electron chi connectivity index (χ1n) is 7.51. The molecule has 3 rings (SSSR count). The molecule has 1 heterocycles. The second-order valence-corrected chi connectivity index (χ2v) is 5.88. The Morgan fingerprint density at radius 2 is 1.72 bits per heavy atom. The fourth-order valence-corrected chi connectivity index (χ4v) is 3.23. The second-order valence-electron chi connectivity index (χ2n) is 5.88. The SMILES string of the molecule is NCc1nnc(CCC2CCCCC2)n1C1CC1. The van der Waals surface area contributed by atoms with Crippen molar-refractivity contribution in [1.29, 1.82) is 0 Å². The summed E-state index contributed by atoms with van der Waals surface area (Å²) in [5.74, 6) is 3.09. The maximum absolute atomic E-state index is 5.75. The number of hydrogen-bond acceptors (Lipinski definition) is 3. The molecule has 0 atom stereocenters. The van der Waals surface area contributed by atoms with Crippen molar-refractivity contribution in [2.45, 2.75) is 70.4 Å². The molecule has 0 bridgehead atoms. The van der Waals surface area contributed by atoms with Crippen LogP contribution < -0.4 is 5.73 Å². The van der Waals surface area contributed by atoms with E-state index in [0.29, 0.717) is 12.6 Å². The molecule has 4 nitrogen and oxygen atoms in total. The molecule has 2 aliphatic rings. The number of aryl methyl sites for hydroxylation is 1. The molecule has 2 N–H and O–H groups in total. The van der Waals surface area contributed by atoms with Gasteiger partial charge in [-0.3, -0.25) is 0 Å². The van der Waals surface area contributed by atoms with Crippen molar-refractivity contribution in [2.24, 2.45) is 11.7 Å². The summed E-state index contributed by atoms with van der Waals surface area (Å²) in [5.41, 5.74) is 5.75. The summed E-state index contributed by atoms with van der Waals surface area (Å²) < 4.78 is 2.32. The van der Waals surface area contributed by atoms with Gasteiger partial charge < -0.3 is 10.3 Å². The van der Waals surface area contributed by atoms with Gasteiger partial charge in [-0.1, -0.05) is 32.1 Å². The highest BCUT2D eigenvalue weighted by molar-refractivity contribution is 5.03. The van der Waals surface area contributed by atoms with Crippen LogP contribution in [0.25, 0.3) is 0 Å². The van der Waals surface area contributed by atoms with Gasteiger partial charge in [0.25, 0.3) is 0 Å². The normalized spacial score (nSPS) is 21.4. The quantitative estimate of drug-likeness (QED) is 0.871. The van der Waals surface area contributed by atoms with E-state index in [0.717, 1.165) is 18.2 Å². The summed E-state index contributed by atoms with van der Waals surface area (Å²) >= 11 is 0. The van der Waals surface area contributed by atoms with Crippen molar-refractivity contribution >= 4 is 0 Å². The molecule has 2 fully saturated rings. The predicted molar refractivity (Wildman–Crippen MR) is 71.1 cm³/mol. The van der Waals surface area contributed by atoms with Gasteiger partial charge >= 0.3 is 0 Å². The Kier molecular flexibility index (Phi) is 3.64. The van der Waals surface area contributed by atoms with Crippen LogP contribution in [-0.4, -0.2) is 14.8 Å². The Hall–Kier alpha value is -0.900. The molecule has 1 aromatic heterocycles. The molecule has 0 unspecified atom stereocenters. The fraction of sp³-hybridized carbons (Fsp3) is 0.857. The molecule has 4 heteroatoms. The van der Waals surface area contributed by atoms with Crippen LogP contribution >= 0.6 is 0 Å². The summed E-state index contributed by atoms with van der Waals surface area (Å²) in [4.78, 5) is 0. The van der Waals surface area contributed by atoms with Gasteiger partial charge in [0.15, 0.2) is 0 Å². The Labute approximate surface area is 109 Å². The van der Waals surface area contributed by atoms with Crippen molar-refractivity contribution in [3.63, 3.8) is 0 Å². The van der Waals surface area contributed by atoms with Crippen LogP contribution in [0.2, 0.25) is 0 Å². The lowest BCUT2D eigenvalue weighted by Crippen LogP contribution is -2.12. The Balaban J connectivity index is 1.63. The molecular formula is C14H24N4. The van der Waals surface area contributed by atoms with E-state index in [1.54, 1.807) is 0 Å². The molecule has 100 valence electrons. The van der Waals surface area contributed by atoms with Gasteiger partial charge in [-0.05, 0) is 25.2 Å². The number of nitrogens with two attached hydrogens (primary N) is 1. The van der Waals surface area contributed by atoms with E-state index in [2.05, 4.69) is 14.8 Å². The number of nitrogens with zero attached hydrogens (tertiary/aromatic N) is 3. The summed E-state index contributed by atoms with van der Waals surface area (Å²) in [7, 11) is 0. The molecule has 0 aromatic carbocycles. The van der Waals surface area contributed by atoms with Gasteiger partial charge in [0.1, 0.15) is 11.6 Å². The third-order valence-corrected chi connectivity index (χ3v) is 4.43. The van der Waals surface area contributed by atoms with Gasteiger partial charge in [-0.25, -0.2) is 0 Å². The van der Waals surface area contributed by atoms with E-state index in [9.17, 15) is 0 Å².